The average molecular weight is 316 g/mol. The highest BCUT2D eigenvalue weighted by Gasteiger charge is 2.24. The van der Waals surface area contributed by atoms with Crippen LogP contribution < -0.4 is 10.1 Å². The van der Waals surface area contributed by atoms with E-state index in [0.717, 1.165) is 38.8 Å². The van der Waals surface area contributed by atoms with Gasteiger partial charge >= 0.3 is 6.03 Å². The molecule has 23 heavy (non-hydrogen) atoms. The second-order valence-electron chi connectivity index (χ2n) is 5.71. The lowest BCUT2D eigenvalue weighted by atomic mass is 9.93. The Balaban J connectivity index is 1.77. The van der Waals surface area contributed by atoms with E-state index in [4.69, 9.17) is 10.00 Å². The van der Waals surface area contributed by atoms with Crippen molar-refractivity contribution in [2.75, 3.05) is 13.1 Å². The maximum Gasteiger partial charge on any atom is 0.317 e. The van der Waals surface area contributed by atoms with E-state index in [1.54, 1.807) is 17.0 Å². The first kappa shape index (κ1) is 17.1. The first-order chi connectivity index (χ1) is 11.2. The summed E-state index contributed by atoms with van der Waals surface area (Å²) >= 11 is 0. The highest BCUT2D eigenvalue weighted by Crippen LogP contribution is 2.23. The molecule has 0 atom stereocenters. The third kappa shape index (κ3) is 4.85. The van der Waals surface area contributed by atoms with Crippen LogP contribution in [0, 0.1) is 11.3 Å². The number of hydrogen-bond acceptors (Lipinski definition) is 4. The summed E-state index contributed by atoms with van der Waals surface area (Å²) in [6, 6.07) is 5.71. The second kappa shape index (κ2) is 8.37. The van der Waals surface area contributed by atoms with Crippen LogP contribution in [0.5, 0.6) is 5.88 Å². The van der Waals surface area contributed by atoms with Gasteiger partial charge in [0.05, 0.1) is 5.56 Å². The zero-order valence-electron chi connectivity index (χ0n) is 13.8. The van der Waals surface area contributed by atoms with Gasteiger partial charge in [0.2, 0.25) is 5.88 Å². The Kier molecular flexibility index (Phi) is 6.21. The summed E-state index contributed by atoms with van der Waals surface area (Å²) in [6.07, 6.45) is 5.25. The van der Waals surface area contributed by atoms with Gasteiger partial charge in [-0.1, -0.05) is 0 Å². The van der Waals surface area contributed by atoms with Crippen LogP contribution in [-0.4, -0.2) is 41.2 Å². The number of rotatable bonds is 5. The first-order valence-corrected chi connectivity index (χ1v) is 8.24. The minimum Gasteiger partial charge on any atom is -0.474 e. The number of aromatic nitrogens is 1. The molecule has 6 heteroatoms. The molecule has 1 aliphatic carbocycles. The van der Waals surface area contributed by atoms with Gasteiger partial charge in [-0.25, -0.2) is 9.78 Å². The highest BCUT2D eigenvalue weighted by atomic mass is 16.5. The van der Waals surface area contributed by atoms with Crippen molar-refractivity contribution in [1.82, 2.24) is 15.2 Å². The van der Waals surface area contributed by atoms with Crippen molar-refractivity contribution in [3.8, 4) is 11.9 Å². The fraction of sp³-hybridized carbons (Fsp3) is 0.588. The largest absolute Gasteiger partial charge is 0.474 e. The number of carbonyl (C=O) groups excluding carboxylic acids is 1. The molecule has 6 nitrogen and oxygen atoms in total. The molecule has 1 fully saturated rings. The zero-order chi connectivity index (χ0) is 16.7. The van der Waals surface area contributed by atoms with Crippen molar-refractivity contribution >= 4 is 6.03 Å². The minimum absolute atomic E-state index is 0.0214. The molecule has 2 rings (SSSR count). The van der Waals surface area contributed by atoms with Gasteiger partial charge in [0.15, 0.2) is 0 Å². The summed E-state index contributed by atoms with van der Waals surface area (Å²) in [6.45, 7) is 5.42. The van der Waals surface area contributed by atoms with Gasteiger partial charge in [0, 0.05) is 31.4 Å². The molecule has 1 aliphatic rings. The van der Waals surface area contributed by atoms with Gasteiger partial charge in [-0.2, -0.15) is 5.26 Å². The molecular weight excluding hydrogens is 292 g/mol. The molecule has 1 aromatic rings. The van der Waals surface area contributed by atoms with Crippen molar-refractivity contribution in [2.45, 2.75) is 51.7 Å². The standard InChI is InChI=1S/C17H24N4O2/c1-3-21(4-2)17(22)20-14-6-8-15(9-7-14)23-16-10-5-13(11-18)12-19-16/h5,10,12,14-15H,3-4,6-9H2,1-2H3,(H,20,22). The molecule has 124 valence electrons. The van der Waals surface area contributed by atoms with Crippen LogP contribution in [0.1, 0.15) is 45.1 Å². The Bertz CT molecular complexity index is 541. The van der Waals surface area contributed by atoms with E-state index < -0.39 is 0 Å². The van der Waals surface area contributed by atoms with Crippen LogP contribution in [-0.2, 0) is 0 Å². The molecule has 0 spiro atoms. The molecular formula is C17H24N4O2. The molecule has 0 saturated heterocycles. The molecule has 0 bridgehead atoms. The Morgan fingerprint density at radius 2 is 2.04 bits per heavy atom. The molecule has 0 aromatic carbocycles. The molecule has 1 aromatic heterocycles. The Morgan fingerprint density at radius 3 is 2.57 bits per heavy atom. The Morgan fingerprint density at radius 1 is 1.35 bits per heavy atom. The average Bonchev–Trinajstić information content (AvgIpc) is 2.58. The molecule has 1 N–H and O–H groups in total. The number of amides is 2. The maximum absolute atomic E-state index is 12.1. The monoisotopic (exact) mass is 316 g/mol. The number of nitrogens with one attached hydrogen (secondary N) is 1. The van der Waals surface area contributed by atoms with E-state index in [-0.39, 0.29) is 18.2 Å². The zero-order valence-corrected chi connectivity index (χ0v) is 13.8. The minimum atomic E-state index is 0.0214. The summed E-state index contributed by atoms with van der Waals surface area (Å²) in [5.74, 6) is 0.555. The summed E-state index contributed by atoms with van der Waals surface area (Å²) in [5, 5.41) is 11.9. The number of nitrogens with zero attached hydrogens (tertiary/aromatic N) is 3. The van der Waals surface area contributed by atoms with Gasteiger partial charge in [-0.15, -0.1) is 0 Å². The third-order valence-electron chi connectivity index (χ3n) is 4.21. The number of urea groups is 1. The van der Waals surface area contributed by atoms with Crippen molar-refractivity contribution in [3.63, 3.8) is 0 Å². The molecule has 1 saturated carbocycles. The normalized spacial score (nSPS) is 20.4. The lowest BCUT2D eigenvalue weighted by Gasteiger charge is -2.31. The van der Waals surface area contributed by atoms with Crippen LogP contribution in [0.3, 0.4) is 0 Å². The van der Waals surface area contributed by atoms with Crippen LogP contribution >= 0.6 is 0 Å². The number of hydrogen-bond donors (Lipinski definition) is 1. The quantitative estimate of drug-likeness (QED) is 0.906. The topological polar surface area (TPSA) is 78.3 Å². The smallest absolute Gasteiger partial charge is 0.317 e. The van der Waals surface area contributed by atoms with E-state index in [1.165, 1.54) is 6.20 Å². The van der Waals surface area contributed by atoms with Gasteiger partial charge in [-0.3, -0.25) is 0 Å². The number of ether oxygens (including phenoxy) is 1. The fourth-order valence-corrected chi connectivity index (χ4v) is 2.79. The molecule has 0 aliphatic heterocycles. The first-order valence-electron chi connectivity index (χ1n) is 8.24. The number of pyridine rings is 1. The molecule has 1 heterocycles. The molecule has 2 amide bonds. The summed E-state index contributed by atoms with van der Waals surface area (Å²) in [7, 11) is 0. The van der Waals surface area contributed by atoms with Crippen molar-refractivity contribution in [1.29, 1.82) is 5.26 Å². The molecule has 0 radical (unpaired) electrons. The number of carbonyl (C=O) groups is 1. The van der Waals surface area contributed by atoms with Crippen LogP contribution in [0.4, 0.5) is 4.79 Å². The van der Waals surface area contributed by atoms with Gasteiger partial charge < -0.3 is 15.0 Å². The SMILES string of the molecule is CCN(CC)C(=O)NC1CCC(Oc2ccc(C#N)cn2)CC1. The van der Waals surface area contributed by atoms with Crippen molar-refractivity contribution in [3.05, 3.63) is 23.9 Å². The van der Waals surface area contributed by atoms with Crippen LogP contribution in [0.15, 0.2) is 18.3 Å². The predicted octanol–water partition coefficient (Wildman–Crippen LogP) is 2.69. The number of nitriles is 1. The summed E-state index contributed by atoms with van der Waals surface area (Å²) in [4.78, 5) is 18.0. The Labute approximate surface area is 137 Å². The lowest BCUT2D eigenvalue weighted by molar-refractivity contribution is 0.131. The second-order valence-corrected chi connectivity index (χ2v) is 5.71. The van der Waals surface area contributed by atoms with E-state index in [9.17, 15) is 4.79 Å². The Hall–Kier alpha value is -2.29. The van der Waals surface area contributed by atoms with E-state index in [1.807, 2.05) is 19.9 Å². The third-order valence-corrected chi connectivity index (χ3v) is 4.21. The van der Waals surface area contributed by atoms with Crippen LogP contribution in [0.25, 0.3) is 0 Å². The van der Waals surface area contributed by atoms with Crippen molar-refractivity contribution < 1.29 is 9.53 Å². The highest BCUT2D eigenvalue weighted by molar-refractivity contribution is 5.74. The summed E-state index contributed by atoms with van der Waals surface area (Å²) in [5.41, 5.74) is 0.528. The molecule has 0 unspecified atom stereocenters. The summed E-state index contributed by atoms with van der Waals surface area (Å²) < 4.78 is 5.85. The van der Waals surface area contributed by atoms with E-state index in [0.29, 0.717) is 11.4 Å². The lowest BCUT2D eigenvalue weighted by Crippen LogP contribution is -2.46. The van der Waals surface area contributed by atoms with Gasteiger partial charge in [0.1, 0.15) is 12.2 Å². The van der Waals surface area contributed by atoms with E-state index >= 15 is 0 Å². The predicted molar refractivity (Wildman–Crippen MR) is 87.1 cm³/mol. The van der Waals surface area contributed by atoms with Gasteiger partial charge in [0.25, 0.3) is 0 Å². The fourth-order valence-electron chi connectivity index (χ4n) is 2.79. The van der Waals surface area contributed by atoms with E-state index in [2.05, 4.69) is 10.3 Å². The maximum atomic E-state index is 12.1. The van der Waals surface area contributed by atoms with Gasteiger partial charge in [-0.05, 0) is 45.6 Å². The van der Waals surface area contributed by atoms with Crippen LogP contribution in [0.2, 0.25) is 0 Å². The van der Waals surface area contributed by atoms with Crippen molar-refractivity contribution in [2.24, 2.45) is 0 Å².